The Bertz CT molecular complexity index is 1090. The van der Waals surface area contributed by atoms with Crippen LogP contribution < -0.4 is 15.1 Å². The number of aliphatic hydroxyl groups is 1. The summed E-state index contributed by atoms with van der Waals surface area (Å²) in [7, 11) is 0. The molecular weight excluding hydrogens is 396 g/mol. The third kappa shape index (κ3) is 4.28. The maximum atomic E-state index is 12.8. The zero-order valence-corrected chi connectivity index (χ0v) is 16.9. The van der Waals surface area contributed by atoms with Gasteiger partial charge in [0, 0.05) is 37.0 Å². The number of nitrogens with zero attached hydrogens (tertiary/aromatic N) is 3. The fourth-order valence-corrected chi connectivity index (χ4v) is 3.69. The van der Waals surface area contributed by atoms with Crippen molar-refractivity contribution in [3.8, 4) is 6.07 Å². The van der Waals surface area contributed by atoms with Crippen molar-refractivity contribution in [2.24, 2.45) is 0 Å². The highest BCUT2D eigenvalue weighted by Gasteiger charge is 2.27. The second-order valence-electron chi connectivity index (χ2n) is 7.24. The first-order chi connectivity index (χ1) is 15.1. The Morgan fingerprint density at radius 2 is 2.16 bits per heavy atom. The largest absolute Gasteiger partial charge is 0.396 e. The molecule has 8 nitrogen and oxygen atoms in total. The number of ether oxygens (including phenoxy) is 1. The smallest absolute Gasteiger partial charge is 0.253 e. The van der Waals surface area contributed by atoms with Crippen molar-refractivity contribution in [3.63, 3.8) is 0 Å². The highest BCUT2D eigenvalue weighted by molar-refractivity contribution is 6.06. The van der Waals surface area contributed by atoms with Gasteiger partial charge in [0.1, 0.15) is 12.4 Å². The summed E-state index contributed by atoms with van der Waals surface area (Å²) in [4.78, 5) is 28.6. The van der Waals surface area contributed by atoms with Crippen molar-refractivity contribution in [1.29, 1.82) is 5.26 Å². The van der Waals surface area contributed by atoms with Gasteiger partial charge in [0.05, 0.1) is 29.6 Å². The Morgan fingerprint density at radius 3 is 2.94 bits per heavy atom. The first kappa shape index (κ1) is 20.6. The molecule has 0 aliphatic carbocycles. The van der Waals surface area contributed by atoms with Gasteiger partial charge < -0.3 is 25.0 Å². The van der Waals surface area contributed by atoms with Crippen LogP contribution in [0.2, 0.25) is 0 Å². The molecule has 4 rings (SSSR count). The molecule has 8 heteroatoms. The van der Waals surface area contributed by atoms with E-state index in [4.69, 9.17) is 10.00 Å². The molecule has 1 fully saturated rings. The number of morpholine rings is 1. The molecule has 0 spiro atoms. The zero-order chi connectivity index (χ0) is 21.8. The summed E-state index contributed by atoms with van der Waals surface area (Å²) in [5.74, 6) is 0.260. The highest BCUT2D eigenvalue weighted by atomic mass is 16.5. The lowest BCUT2D eigenvalue weighted by Gasteiger charge is -2.27. The molecule has 0 aromatic heterocycles. The van der Waals surface area contributed by atoms with E-state index in [1.165, 1.54) is 6.08 Å². The predicted octanol–water partition coefficient (Wildman–Crippen LogP) is 2.26. The Hall–Kier alpha value is -3.67. The Balaban J connectivity index is 1.64. The molecule has 158 valence electrons. The van der Waals surface area contributed by atoms with E-state index in [1.54, 1.807) is 29.2 Å². The number of fused-ring (bicyclic) bond motifs is 1. The van der Waals surface area contributed by atoms with E-state index >= 15 is 0 Å². The summed E-state index contributed by atoms with van der Waals surface area (Å²) < 4.78 is 5.20. The van der Waals surface area contributed by atoms with Gasteiger partial charge in [-0.3, -0.25) is 9.59 Å². The maximum Gasteiger partial charge on any atom is 0.253 e. The van der Waals surface area contributed by atoms with Gasteiger partial charge in [-0.25, -0.2) is 0 Å². The molecule has 0 radical (unpaired) electrons. The molecule has 0 saturated carbocycles. The van der Waals surface area contributed by atoms with Crippen LogP contribution in [0.15, 0.2) is 54.4 Å². The number of rotatable bonds is 6. The van der Waals surface area contributed by atoms with Crippen LogP contribution in [0.1, 0.15) is 22.3 Å². The first-order valence-electron chi connectivity index (χ1n) is 10.0. The van der Waals surface area contributed by atoms with Crippen LogP contribution in [0.3, 0.4) is 0 Å². The molecule has 31 heavy (non-hydrogen) atoms. The summed E-state index contributed by atoms with van der Waals surface area (Å²) in [5, 5.41) is 21.7. The SMILES string of the molecule is N#Cc1cccc(C(=O)/C=C2\Nc3cc(N4CCOCC4=O)ccc3N2CCCO)c1. The molecule has 1 saturated heterocycles. The fraction of sp³-hybridized carbons (Fsp3) is 0.261. The van der Waals surface area contributed by atoms with Crippen molar-refractivity contribution in [2.45, 2.75) is 6.42 Å². The van der Waals surface area contributed by atoms with Gasteiger partial charge in [0.15, 0.2) is 5.78 Å². The van der Waals surface area contributed by atoms with E-state index < -0.39 is 0 Å². The summed E-state index contributed by atoms with van der Waals surface area (Å²) in [6.45, 7) is 1.58. The number of hydrogen-bond acceptors (Lipinski definition) is 7. The molecule has 2 aliphatic rings. The second-order valence-corrected chi connectivity index (χ2v) is 7.24. The predicted molar refractivity (Wildman–Crippen MR) is 116 cm³/mol. The van der Waals surface area contributed by atoms with Crippen molar-refractivity contribution < 1.29 is 19.4 Å². The summed E-state index contributed by atoms with van der Waals surface area (Å²) in [6.07, 6.45) is 2.02. The lowest BCUT2D eigenvalue weighted by atomic mass is 10.1. The number of nitriles is 1. The minimum Gasteiger partial charge on any atom is -0.396 e. The van der Waals surface area contributed by atoms with Crippen LogP contribution in [0.5, 0.6) is 0 Å². The topological polar surface area (TPSA) is 106 Å². The molecule has 0 bridgehead atoms. The van der Waals surface area contributed by atoms with E-state index in [2.05, 4.69) is 5.32 Å². The molecule has 2 aromatic rings. The van der Waals surface area contributed by atoms with Gasteiger partial charge in [0.25, 0.3) is 5.91 Å². The second kappa shape index (κ2) is 9.00. The molecule has 2 aromatic carbocycles. The van der Waals surface area contributed by atoms with Crippen LogP contribution >= 0.6 is 0 Å². The summed E-state index contributed by atoms with van der Waals surface area (Å²) in [5.41, 5.74) is 3.24. The van der Waals surface area contributed by atoms with Gasteiger partial charge in [0.2, 0.25) is 0 Å². The lowest BCUT2D eigenvalue weighted by molar-refractivity contribution is -0.125. The number of hydrogen-bond donors (Lipinski definition) is 2. The number of carbonyl (C=O) groups excluding carboxylic acids is 2. The maximum absolute atomic E-state index is 12.8. The molecule has 2 heterocycles. The molecule has 0 atom stereocenters. The van der Waals surface area contributed by atoms with Crippen LogP contribution in [-0.2, 0) is 9.53 Å². The van der Waals surface area contributed by atoms with E-state index in [0.29, 0.717) is 43.1 Å². The number of allylic oxidation sites excluding steroid dienone is 1. The molecule has 2 aliphatic heterocycles. The number of amides is 1. The zero-order valence-electron chi connectivity index (χ0n) is 16.9. The van der Waals surface area contributed by atoms with Gasteiger partial charge in [-0.05, 0) is 36.8 Å². The van der Waals surface area contributed by atoms with Crippen LogP contribution in [0, 0.1) is 11.3 Å². The number of anilines is 3. The quantitative estimate of drug-likeness (QED) is 0.547. The third-order valence-corrected chi connectivity index (χ3v) is 5.21. The number of aliphatic hydroxyl groups excluding tert-OH is 1. The summed E-state index contributed by atoms with van der Waals surface area (Å²) >= 11 is 0. The molecule has 1 amide bonds. The van der Waals surface area contributed by atoms with Gasteiger partial charge in [-0.2, -0.15) is 5.26 Å². The van der Waals surface area contributed by atoms with E-state index in [1.807, 2.05) is 29.2 Å². The van der Waals surface area contributed by atoms with Crippen LogP contribution in [0.4, 0.5) is 17.1 Å². The van der Waals surface area contributed by atoms with Crippen molar-refractivity contribution in [2.75, 3.05) is 48.0 Å². The van der Waals surface area contributed by atoms with Gasteiger partial charge in [-0.15, -0.1) is 0 Å². The van der Waals surface area contributed by atoms with Crippen LogP contribution in [0.25, 0.3) is 0 Å². The van der Waals surface area contributed by atoms with E-state index in [-0.39, 0.29) is 24.9 Å². The lowest BCUT2D eigenvalue weighted by Crippen LogP contribution is -2.41. The average Bonchev–Trinajstić information content (AvgIpc) is 3.13. The standard InChI is InChI=1S/C23H22N4O4/c24-14-16-3-1-4-17(11-16)21(29)13-22-25-19-12-18(26-8-10-31-15-23(26)30)5-6-20(19)27(22)7-2-9-28/h1,3-6,11-13,25,28H,2,7-10,15H2/b22-13+. The molecular formula is C23H22N4O4. The van der Waals surface area contributed by atoms with Crippen molar-refractivity contribution in [3.05, 3.63) is 65.5 Å². The van der Waals surface area contributed by atoms with Crippen molar-refractivity contribution in [1.82, 2.24) is 0 Å². The Labute approximate surface area is 179 Å². The number of carbonyl (C=O) groups is 2. The fourth-order valence-electron chi connectivity index (χ4n) is 3.69. The monoisotopic (exact) mass is 418 g/mol. The minimum atomic E-state index is -0.231. The normalized spacial score (nSPS) is 16.8. The number of benzene rings is 2. The number of ketones is 1. The van der Waals surface area contributed by atoms with E-state index in [9.17, 15) is 14.7 Å². The third-order valence-electron chi connectivity index (χ3n) is 5.21. The average molecular weight is 418 g/mol. The molecule has 2 N–H and O–H groups in total. The Kier molecular flexibility index (Phi) is 5.98. The van der Waals surface area contributed by atoms with Crippen molar-refractivity contribution >= 4 is 28.8 Å². The minimum absolute atomic E-state index is 0.0254. The Morgan fingerprint density at radius 1 is 1.29 bits per heavy atom. The summed E-state index contributed by atoms with van der Waals surface area (Å²) in [6, 6.07) is 14.2. The number of nitrogens with one attached hydrogen (secondary N) is 1. The highest BCUT2D eigenvalue weighted by Crippen LogP contribution is 2.39. The van der Waals surface area contributed by atoms with E-state index in [0.717, 1.165) is 17.1 Å². The van der Waals surface area contributed by atoms with Gasteiger partial charge in [-0.1, -0.05) is 12.1 Å². The van der Waals surface area contributed by atoms with Gasteiger partial charge >= 0.3 is 0 Å². The molecule has 0 unspecified atom stereocenters. The first-order valence-corrected chi connectivity index (χ1v) is 10.0. The van der Waals surface area contributed by atoms with Crippen LogP contribution in [-0.4, -0.2) is 49.7 Å².